The molecule has 1 nitrogen and oxygen atoms in total. The van der Waals surface area contributed by atoms with Gasteiger partial charge in [0.1, 0.15) is 0 Å². The van der Waals surface area contributed by atoms with E-state index in [1.807, 2.05) is 0 Å². The summed E-state index contributed by atoms with van der Waals surface area (Å²) in [5.41, 5.74) is 12.0. The predicted molar refractivity (Wildman–Crippen MR) is 114 cm³/mol. The minimum absolute atomic E-state index is 0.596. The lowest BCUT2D eigenvalue weighted by Crippen LogP contribution is -2.10. The molecule has 2 N–H and O–H groups in total. The number of hydrogen-bond donors (Lipinski definition) is 1. The van der Waals surface area contributed by atoms with Gasteiger partial charge in [-0.25, -0.2) is 0 Å². The molecule has 25 heavy (non-hydrogen) atoms. The fraction of sp³-hybridized carbons (Fsp3) is 0.750. The molecule has 0 aliphatic carbocycles. The molecule has 1 rings (SSSR count). The molecule has 0 aliphatic heterocycles. The molecule has 0 amide bonds. The van der Waals surface area contributed by atoms with E-state index in [9.17, 15) is 0 Å². The smallest absolute Gasteiger partial charge is 0.0352 e. The van der Waals surface area contributed by atoms with Crippen LogP contribution in [-0.4, -0.2) is 0 Å². The van der Waals surface area contributed by atoms with Gasteiger partial charge < -0.3 is 5.73 Å². The summed E-state index contributed by atoms with van der Waals surface area (Å²) in [4.78, 5) is 0. The van der Waals surface area contributed by atoms with Gasteiger partial charge in [-0.3, -0.25) is 0 Å². The van der Waals surface area contributed by atoms with Crippen LogP contribution in [-0.2, 0) is 6.42 Å². The number of rotatable bonds is 11. The van der Waals surface area contributed by atoms with E-state index in [4.69, 9.17) is 5.73 Å². The minimum atomic E-state index is 0.596. The summed E-state index contributed by atoms with van der Waals surface area (Å²) < 4.78 is 0. The fourth-order valence-corrected chi connectivity index (χ4v) is 4.12. The molecule has 0 radical (unpaired) electrons. The molecule has 2 atom stereocenters. The molecule has 2 unspecified atom stereocenters. The van der Waals surface area contributed by atoms with Crippen molar-refractivity contribution in [2.45, 2.75) is 105 Å². The molecule has 0 saturated heterocycles. The zero-order valence-electron chi connectivity index (χ0n) is 18.0. The van der Waals surface area contributed by atoms with Gasteiger partial charge in [-0.05, 0) is 72.1 Å². The van der Waals surface area contributed by atoms with Crippen LogP contribution >= 0.6 is 0 Å². The molecule has 1 heteroatoms. The topological polar surface area (TPSA) is 26.0 Å². The summed E-state index contributed by atoms with van der Waals surface area (Å²) in [6, 6.07) is 4.80. The number of benzene rings is 1. The highest BCUT2D eigenvalue weighted by Crippen LogP contribution is 2.36. The van der Waals surface area contributed by atoms with Crippen LogP contribution in [0.15, 0.2) is 12.1 Å². The highest BCUT2D eigenvalue weighted by Gasteiger charge is 2.19. The molecule has 0 heterocycles. The maximum absolute atomic E-state index is 6.51. The molecule has 0 saturated carbocycles. The van der Waals surface area contributed by atoms with Crippen LogP contribution in [0, 0.1) is 11.8 Å². The van der Waals surface area contributed by atoms with Crippen molar-refractivity contribution >= 4 is 5.69 Å². The van der Waals surface area contributed by atoms with E-state index in [-0.39, 0.29) is 0 Å². The van der Waals surface area contributed by atoms with E-state index in [0.717, 1.165) is 17.5 Å². The Bertz CT molecular complexity index is 499. The third kappa shape index (κ3) is 6.68. The number of hydrogen-bond acceptors (Lipinski definition) is 1. The van der Waals surface area contributed by atoms with Gasteiger partial charge in [0.05, 0.1) is 0 Å². The summed E-state index contributed by atoms with van der Waals surface area (Å²) in [5, 5.41) is 0. The third-order valence-electron chi connectivity index (χ3n) is 5.83. The lowest BCUT2D eigenvalue weighted by Gasteiger charge is -2.24. The van der Waals surface area contributed by atoms with Crippen molar-refractivity contribution < 1.29 is 0 Å². The van der Waals surface area contributed by atoms with Crippen LogP contribution in [0.1, 0.15) is 116 Å². The molecular formula is C24H43N. The molecule has 0 spiro atoms. The van der Waals surface area contributed by atoms with E-state index in [1.165, 1.54) is 56.1 Å². The Morgan fingerprint density at radius 1 is 0.840 bits per heavy atom. The van der Waals surface area contributed by atoms with E-state index in [1.54, 1.807) is 5.56 Å². The molecular weight excluding hydrogens is 302 g/mol. The fourth-order valence-electron chi connectivity index (χ4n) is 4.12. The first kappa shape index (κ1) is 22.1. The maximum Gasteiger partial charge on any atom is 0.0352 e. The van der Waals surface area contributed by atoms with Gasteiger partial charge in [-0.2, -0.15) is 0 Å². The molecule has 1 aromatic carbocycles. The Balaban J connectivity index is 3.21. The molecule has 0 bridgehead atoms. The first-order valence-electron chi connectivity index (χ1n) is 10.8. The minimum Gasteiger partial charge on any atom is -0.398 e. The normalized spacial score (nSPS) is 14.3. The summed E-state index contributed by atoms with van der Waals surface area (Å²) in [7, 11) is 0. The Morgan fingerprint density at radius 2 is 1.48 bits per heavy atom. The SMILES string of the molecule is CCCC(C)Cc1cc(N)c(C(CC)CC)cc1C(C)CCC(C)C. The zero-order valence-corrected chi connectivity index (χ0v) is 18.0. The average molecular weight is 346 g/mol. The second-order valence-electron chi connectivity index (χ2n) is 8.66. The lowest BCUT2D eigenvalue weighted by molar-refractivity contribution is 0.500. The quantitative estimate of drug-likeness (QED) is 0.409. The Morgan fingerprint density at radius 3 is 2.00 bits per heavy atom. The highest BCUT2D eigenvalue weighted by atomic mass is 14.6. The third-order valence-corrected chi connectivity index (χ3v) is 5.83. The maximum atomic E-state index is 6.51. The van der Waals surface area contributed by atoms with E-state index >= 15 is 0 Å². The lowest BCUT2D eigenvalue weighted by atomic mass is 9.82. The van der Waals surface area contributed by atoms with Gasteiger partial charge >= 0.3 is 0 Å². The van der Waals surface area contributed by atoms with Gasteiger partial charge in [0.2, 0.25) is 0 Å². The van der Waals surface area contributed by atoms with Crippen molar-refractivity contribution in [3.8, 4) is 0 Å². The summed E-state index contributed by atoms with van der Waals surface area (Å²) in [5.74, 6) is 2.73. The molecule has 0 aromatic heterocycles. The summed E-state index contributed by atoms with van der Waals surface area (Å²) in [6.45, 7) is 16.3. The molecule has 1 aromatic rings. The first-order valence-corrected chi connectivity index (χ1v) is 10.8. The molecule has 144 valence electrons. The van der Waals surface area contributed by atoms with Crippen LogP contribution in [0.5, 0.6) is 0 Å². The van der Waals surface area contributed by atoms with Crippen LogP contribution in [0.25, 0.3) is 0 Å². The van der Waals surface area contributed by atoms with Gasteiger partial charge in [-0.1, -0.05) is 73.8 Å². The summed E-state index contributed by atoms with van der Waals surface area (Å²) in [6.07, 6.45) is 8.66. The van der Waals surface area contributed by atoms with E-state index < -0.39 is 0 Å². The van der Waals surface area contributed by atoms with Crippen molar-refractivity contribution in [2.24, 2.45) is 11.8 Å². The van der Waals surface area contributed by atoms with Gasteiger partial charge in [0, 0.05) is 5.69 Å². The van der Waals surface area contributed by atoms with E-state index in [0.29, 0.717) is 11.8 Å². The second kappa shape index (κ2) is 10.9. The Hall–Kier alpha value is -0.980. The van der Waals surface area contributed by atoms with Gasteiger partial charge in [0.25, 0.3) is 0 Å². The zero-order chi connectivity index (χ0) is 19.0. The second-order valence-corrected chi connectivity index (χ2v) is 8.66. The van der Waals surface area contributed by atoms with Crippen LogP contribution in [0.3, 0.4) is 0 Å². The summed E-state index contributed by atoms with van der Waals surface area (Å²) >= 11 is 0. The monoisotopic (exact) mass is 345 g/mol. The number of nitrogens with two attached hydrogens (primary N) is 1. The first-order chi connectivity index (χ1) is 11.8. The molecule has 0 fully saturated rings. The van der Waals surface area contributed by atoms with Crippen molar-refractivity contribution in [2.75, 3.05) is 5.73 Å². The van der Waals surface area contributed by atoms with E-state index in [2.05, 4.69) is 60.6 Å². The highest BCUT2D eigenvalue weighted by molar-refractivity contribution is 5.55. The van der Waals surface area contributed by atoms with Gasteiger partial charge in [-0.15, -0.1) is 0 Å². The predicted octanol–water partition coefficient (Wildman–Crippen LogP) is 7.69. The largest absolute Gasteiger partial charge is 0.398 e. The van der Waals surface area contributed by atoms with Crippen LogP contribution in [0.4, 0.5) is 5.69 Å². The Labute approximate surface area is 157 Å². The van der Waals surface area contributed by atoms with Crippen molar-refractivity contribution in [1.82, 2.24) is 0 Å². The number of nitrogen functional groups attached to an aromatic ring is 1. The average Bonchev–Trinajstić information content (AvgIpc) is 2.55. The molecule has 0 aliphatic rings. The van der Waals surface area contributed by atoms with Crippen molar-refractivity contribution in [3.05, 3.63) is 28.8 Å². The van der Waals surface area contributed by atoms with Crippen molar-refractivity contribution in [3.63, 3.8) is 0 Å². The van der Waals surface area contributed by atoms with Gasteiger partial charge in [0.15, 0.2) is 0 Å². The standard InChI is InChI=1S/C24H43N/c1-8-11-18(6)14-21-15-24(25)23(20(9-2)10-3)16-22(21)19(7)13-12-17(4)5/h15-20H,8-14,25H2,1-7H3. The van der Waals surface area contributed by atoms with Crippen LogP contribution < -0.4 is 5.73 Å². The van der Waals surface area contributed by atoms with Crippen molar-refractivity contribution in [1.29, 1.82) is 0 Å². The van der Waals surface area contributed by atoms with Crippen LogP contribution in [0.2, 0.25) is 0 Å². The Kier molecular flexibility index (Phi) is 9.61. The number of anilines is 1.